The zero-order valence-electron chi connectivity index (χ0n) is 11.2. The number of piperidine rings is 1. The van der Waals surface area contributed by atoms with E-state index in [9.17, 15) is 4.79 Å². The number of nitrogens with one attached hydrogen (secondary N) is 1. The van der Waals surface area contributed by atoms with E-state index in [0.29, 0.717) is 6.04 Å². The third kappa shape index (κ3) is 2.57. The molecule has 1 aliphatic heterocycles. The molecular formula is C15H21N3O. The highest BCUT2D eigenvalue weighted by Crippen LogP contribution is 2.34. The van der Waals surface area contributed by atoms with Crippen molar-refractivity contribution < 1.29 is 4.79 Å². The lowest BCUT2D eigenvalue weighted by Crippen LogP contribution is -2.34. The maximum absolute atomic E-state index is 11.2. The molecule has 3 rings (SSSR count). The van der Waals surface area contributed by atoms with Gasteiger partial charge in [0.2, 0.25) is 6.41 Å². The highest BCUT2D eigenvalue weighted by Gasteiger charge is 2.26. The predicted octanol–water partition coefficient (Wildman–Crippen LogP) is 2.73. The molecule has 19 heavy (non-hydrogen) atoms. The number of nitrogens with zero attached hydrogens (tertiary/aromatic N) is 2. The summed E-state index contributed by atoms with van der Waals surface area (Å²) in [5.41, 5.74) is 1.18. The minimum absolute atomic E-state index is 0.197. The van der Waals surface area contributed by atoms with Crippen LogP contribution in [0.4, 0.5) is 5.82 Å². The number of aromatic nitrogens is 1. The van der Waals surface area contributed by atoms with E-state index in [0.717, 1.165) is 31.6 Å². The molecule has 4 heteroatoms. The standard InChI is InChI=1S/C15H21N3O/c19-11-18-10-2-1-8-14(18)13-7-4-9-16-15(13)17-12-5-3-6-12/h4,7,9,11-12,14H,1-3,5-6,8,10H2,(H,16,17)/t14-/m1/s1. The fraction of sp³-hybridized carbons (Fsp3) is 0.600. The average molecular weight is 259 g/mol. The summed E-state index contributed by atoms with van der Waals surface area (Å²) in [4.78, 5) is 17.6. The molecule has 2 heterocycles. The maximum atomic E-state index is 11.2. The Balaban J connectivity index is 1.83. The number of hydrogen-bond acceptors (Lipinski definition) is 3. The zero-order chi connectivity index (χ0) is 13.1. The molecule has 102 valence electrons. The Morgan fingerprint density at radius 3 is 2.89 bits per heavy atom. The van der Waals surface area contributed by atoms with Gasteiger partial charge in [-0.25, -0.2) is 4.98 Å². The second-order valence-corrected chi connectivity index (χ2v) is 5.57. The summed E-state index contributed by atoms with van der Waals surface area (Å²) in [6.07, 6.45) is 9.94. The van der Waals surface area contributed by atoms with Crippen molar-refractivity contribution in [3.63, 3.8) is 0 Å². The third-order valence-corrected chi connectivity index (χ3v) is 4.32. The van der Waals surface area contributed by atoms with Crippen LogP contribution in [0.3, 0.4) is 0 Å². The summed E-state index contributed by atoms with van der Waals surface area (Å²) >= 11 is 0. The van der Waals surface area contributed by atoms with Gasteiger partial charge in [0.15, 0.2) is 0 Å². The van der Waals surface area contributed by atoms with E-state index in [-0.39, 0.29) is 6.04 Å². The molecule has 1 N–H and O–H groups in total. The molecule has 1 saturated carbocycles. The number of likely N-dealkylation sites (tertiary alicyclic amines) is 1. The van der Waals surface area contributed by atoms with Gasteiger partial charge in [0.1, 0.15) is 5.82 Å². The molecule has 1 saturated heterocycles. The lowest BCUT2D eigenvalue weighted by atomic mass is 9.92. The van der Waals surface area contributed by atoms with Gasteiger partial charge in [0.25, 0.3) is 0 Å². The molecule has 0 unspecified atom stereocenters. The Bertz CT molecular complexity index is 445. The topological polar surface area (TPSA) is 45.2 Å². The van der Waals surface area contributed by atoms with Gasteiger partial charge >= 0.3 is 0 Å². The summed E-state index contributed by atoms with van der Waals surface area (Å²) in [6, 6.07) is 4.85. The molecule has 0 aromatic carbocycles. The second kappa shape index (κ2) is 5.59. The van der Waals surface area contributed by atoms with Crippen LogP contribution in [0.2, 0.25) is 0 Å². The number of amides is 1. The van der Waals surface area contributed by atoms with E-state index in [4.69, 9.17) is 0 Å². The summed E-state index contributed by atoms with van der Waals surface area (Å²) in [5, 5.41) is 3.54. The van der Waals surface area contributed by atoms with Gasteiger partial charge in [-0.2, -0.15) is 0 Å². The quantitative estimate of drug-likeness (QED) is 0.846. The van der Waals surface area contributed by atoms with Crippen LogP contribution in [0.25, 0.3) is 0 Å². The van der Waals surface area contributed by atoms with E-state index < -0.39 is 0 Å². The highest BCUT2D eigenvalue weighted by atomic mass is 16.1. The van der Waals surface area contributed by atoms with Crippen LogP contribution in [0, 0.1) is 0 Å². The molecule has 1 aromatic rings. The average Bonchev–Trinajstić information content (AvgIpc) is 2.43. The number of anilines is 1. The van der Waals surface area contributed by atoms with Crippen molar-refractivity contribution in [3.05, 3.63) is 23.9 Å². The molecule has 1 aromatic heterocycles. The number of carbonyl (C=O) groups excluding carboxylic acids is 1. The van der Waals surface area contributed by atoms with Crippen LogP contribution in [0.1, 0.15) is 50.1 Å². The van der Waals surface area contributed by atoms with Crippen LogP contribution in [-0.4, -0.2) is 28.9 Å². The van der Waals surface area contributed by atoms with Crippen LogP contribution in [0.5, 0.6) is 0 Å². The summed E-state index contributed by atoms with van der Waals surface area (Å²) in [6.45, 7) is 0.867. The molecule has 1 aliphatic carbocycles. The number of hydrogen-bond donors (Lipinski definition) is 1. The number of rotatable bonds is 4. The van der Waals surface area contributed by atoms with Crippen LogP contribution < -0.4 is 5.32 Å². The minimum Gasteiger partial charge on any atom is -0.367 e. The fourth-order valence-corrected chi connectivity index (χ4v) is 2.97. The molecular weight excluding hydrogens is 238 g/mol. The molecule has 0 bridgehead atoms. The SMILES string of the molecule is O=CN1CCCC[C@@H]1c1cccnc1NC1CCC1. The van der Waals surface area contributed by atoms with Gasteiger partial charge in [-0.1, -0.05) is 6.07 Å². The van der Waals surface area contributed by atoms with Crippen molar-refractivity contribution >= 4 is 12.2 Å². The van der Waals surface area contributed by atoms with Crippen molar-refractivity contribution in [1.29, 1.82) is 0 Å². The van der Waals surface area contributed by atoms with Crippen LogP contribution in [0.15, 0.2) is 18.3 Å². The first-order valence-corrected chi connectivity index (χ1v) is 7.31. The first-order valence-electron chi connectivity index (χ1n) is 7.31. The van der Waals surface area contributed by atoms with Crippen LogP contribution >= 0.6 is 0 Å². The van der Waals surface area contributed by atoms with Crippen molar-refractivity contribution in [3.8, 4) is 0 Å². The van der Waals surface area contributed by atoms with Gasteiger partial charge < -0.3 is 10.2 Å². The second-order valence-electron chi connectivity index (χ2n) is 5.57. The van der Waals surface area contributed by atoms with Gasteiger partial charge in [-0.3, -0.25) is 4.79 Å². The Kier molecular flexibility index (Phi) is 3.67. The first kappa shape index (κ1) is 12.5. The molecule has 2 fully saturated rings. The van der Waals surface area contributed by atoms with E-state index >= 15 is 0 Å². The van der Waals surface area contributed by atoms with E-state index in [1.165, 1.54) is 31.2 Å². The lowest BCUT2D eigenvalue weighted by Gasteiger charge is -2.35. The first-order chi connectivity index (χ1) is 9.38. The number of carbonyl (C=O) groups is 1. The van der Waals surface area contributed by atoms with Gasteiger partial charge in [0.05, 0.1) is 6.04 Å². The molecule has 0 radical (unpaired) electrons. The minimum atomic E-state index is 0.197. The molecule has 2 aliphatic rings. The summed E-state index contributed by atoms with van der Waals surface area (Å²) < 4.78 is 0. The monoisotopic (exact) mass is 259 g/mol. The smallest absolute Gasteiger partial charge is 0.210 e. The molecule has 1 amide bonds. The Morgan fingerprint density at radius 2 is 2.16 bits per heavy atom. The Labute approximate surface area is 114 Å². The van der Waals surface area contributed by atoms with E-state index in [1.807, 2.05) is 17.2 Å². The van der Waals surface area contributed by atoms with Crippen molar-refractivity contribution in [2.45, 2.75) is 50.6 Å². The Morgan fingerprint density at radius 1 is 1.26 bits per heavy atom. The summed E-state index contributed by atoms with van der Waals surface area (Å²) in [7, 11) is 0. The normalized spacial score (nSPS) is 23.8. The molecule has 1 atom stereocenters. The molecule has 4 nitrogen and oxygen atoms in total. The largest absolute Gasteiger partial charge is 0.367 e. The van der Waals surface area contributed by atoms with Crippen molar-refractivity contribution in [1.82, 2.24) is 9.88 Å². The fourth-order valence-electron chi connectivity index (χ4n) is 2.97. The van der Waals surface area contributed by atoms with Gasteiger partial charge in [-0.15, -0.1) is 0 Å². The molecule has 0 spiro atoms. The summed E-state index contributed by atoms with van der Waals surface area (Å²) in [5.74, 6) is 0.978. The number of pyridine rings is 1. The van der Waals surface area contributed by atoms with Gasteiger partial charge in [0, 0.05) is 24.3 Å². The zero-order valence-corrected chi connectivity index (χ0v) is 11.2. The maximum Gasteiger partial charge on any atom is 0.210 e. The Hall–Kier alpha value is -1.58. The predicted molar refractivity (Wildman–Crippen MR) is 74.9 cm³/mol. The highest BCUT2D eigenvalue weighted by molar-refractivity contribution is 5.53. The van der Waals surface area contributed by atoms with Crippen LogP contribution in [-0.2, 0) is 4.79 Å². The van der Waals surface area contributed by atoms with Gasteiger partial charge in [-0.05, 0) is 44.6 Å². The van der Waals surface area contributed by atoms with Crippen molar-refractivity contribution in [2.24, 2.45) is 0 Å². The lowest BCUT2D eigenvalue weighted by molar-refractivity contribution is -0.121. The van der Waals surface area contributed by atoms with Crippen molar-refractivity contribution in [2.75, 3.05) is 11.9 Å². The third-order valence-electron chi connectivity index (χ3n) is 4.32. The van der Waals surface area contributed by atoms with E-state index in [1.54, 1.807) is 0 Å². The van der Waals surface area contributed by atoms with E-state index in [2.05, 4.69) is 16.4 Å².